The van der Waals surface area contributed by atoms with Gasteiger partial charge in [-0.25, -0.2) is 0 Å². The Morgan fingerprint density at radius 1 is 1.67 bits per heavy atom. The van der Waals surface area contributed by atoms with Crippen molar-refractivity contribution in [2.75, 3.05) is 18.6 Å². The van der Waals surface area contributed by atoms with Crippen molar-refractivity contribution in [2.45, 2.75) is 19.4 Å². The standard InChI is InChI=1S/C7H15NO2S.ClH/c1-3-4-11-5-6(8)7(9)10-2;/h6H,3-5,8H2,1-2H3;1H/t6-;/m1./s1. The quantitative estimate of drug-likeness (QED) is 0.548. The summed E-state index contributed by atoms with van der Waals surface area (Å²) in [4.78, 5) is 10.7. The molecule has 12 heavy (non-hydrogen) atoms. The van der Waals surface area contributed by atoms with E-state index in [9.17, 15) is 4.79 Å². The van der Waals surface area contributed by atoms with Crippen LogP contribution in [0.2, 0.25) is 0 Å². The van der Waals surface area contributed by atoms with Crippen LogP contribution < -0.4 is 5.73 Å². The minimum absolute atomic E-state index is 0. The Morgan fingerprint density at radius 2 is 2.25 bits per heavy atom. The Bertz CT molecular complexity index is 124. The SMILES string of the molecule is CCCSC[C@@H](N)C(=O)OC.Cl. The van der Waals surface area contributed by atoms with E-state index < -0.39 is 6.04 Å². The molecule has 0 aromatic carbocycles. The van der Waals surface area contributed by atoms with Crippen LogP contribution in [0.1, 0.15) is 13.3 Å². The third-order valence-corrected chi connectivity index (χ3v) is 2.44. The molecule has 0 saturated carbocycles. The van der Waals surface area contributed by atoms with Gasteiger partial charge in [0.25, 0.3) is 0 Å². The van der Waals surface area contributed by atoms with Crippen LogP contribution >= 0.6 is 24.2 Å². The number of rotatable bonds is 5. The zero-order chi connectivity index (χ0) is 8.69. The number of carbonyl (C=O) groups excluding carboxylic acids is 1. The van der Waals surface area contributed by atoms with Gasteiger partial charge in [0.15, 0.2) is 0 Å². The fourth-order valence-electron chi connectivity index (χ4n) is 0.574. The van der Waals surface area contributed by atoms with Gasteiger partial charge in [0.05, 0.1) is 7.11 Å². The van der Waals surface area contributed by atoms with Crippen LogP contribution in [0.3, 0.4) is 0 Å². The molecular formula is C7H16ClNO2S. The van der Waals surface area contributed by atoms with Crippen LogP contribution in [0.5, 0.6) is 0 Å². The van der Waals surface area contributed by atoms with Crippen LogP contribution in [-0.2, 0) is 9.53 Å². The van der Waals surface area contributed by atoms with Crippen molar-refractivity contribution in [3.63, 3.8) is 0 Å². The Labute approximate surface area is 83.8 Å². The minimum atomic E-state index is -0.462. The lowest BCUT2D eigenvalue weighted by molar-refractivity contribution is -0.141. The molecule has 2 N–H and O–H groups in total. The van der Waals surface area contributed by atoms with E-state index in [1.165, 1.54) is 7.11 Å². The lowest BCUT2D eigenvalue weighted by Crippen LogP contribution is -2.33. The molecule has 0 saturated heterocycles. The van der Waals surface area contributed by atoms with Gasteiger partial charge in [0.1, 0.15) is 6.04 Å². The highest BCUT2D eigenvalue weighted by Gasteiger charge is 2.12. The second kappa shape index (κ2) is 9.16. The summed E-state index contributed by atoms with van der Waals surface area (Å²) < 4.78 is 4.47. The maximum absolute atomic E-state index is 10.7. The maximum Gasteiger partial charge on any atom is 0.323 e. The summed E-state index contributed by atoms with van der Waals surface area (Å²) in [7, 11) is 1.35. The lowest BCUT2D eigenvalue weighted by atomic mass is 10.4. The summed E-state index contributed by atoms with van der Waals surface area (Å²) >= 11 is 1.68. The molecule has 0 unspecified atom stereocenters. The molecule has 0 amide bonds. The first-order chi connectivity index (χ1) is 5.22. The number of carbonyl (C=O) groups is 1. The molecule has 5 heteroatoms. The van der Waals surface area contributed by atoms with Crippen LogP contribution in [0, 0.1) is 0 Å². The second-order valence-corrected chi connectivity index (χ2v) is 3.35. The van der Waals surface area contributed by atoms with E-state index in [2.05, 4.69) is 11.7 Å². The van der Waals surface area contributed by atoms with E-state index in [0.717, 1.165) is 12.2 Å². The average molecular weight is 214 g/mol. The van der Waals surface area contributed by atoms with Crippen LogP contribution in [-0.4, -0.2) is 30.6 Å². The normalized spacial score (nSPS) is 11.6. The van der Waals surface area contributed by atoms with Crippen molar-refractivity contribution < 1.29 is 9.53 Å². The molecule has 0 bridgehead atoms. The zero-order valence-electron chi connectivity index (χ0n) is 7.41. The molecule has 0 aromatic heterocycles. The predicted molar refractivity (Wildman–Crippen MR) is 54.9 cm³/mol. The smallest absolute Gasteiger partial charge is 0.323 e. The molecule has 74 valence electrons. The van der Waals surface area contributed by atoms with Crippen molar-refractivity contribution in [1.82, 2.24) is 0 Å². The average Bonchev–Trinajstić information content (AvgIpc) is 2.03. The highest BCUT2D eigenvalue weighted by atomic mass is 35.5. The Morgan fingerprint density at radius 3 is 2.67 bits per heavy atom. The number of thioether (sulfide) groups is 1. The molecule has 0 fully saturated rings. The Hall–Kier alpha value is 0.0700. The highest BCUT2D eigenvalue weighted by molar-refractivity contribution is 7.99. The zero-order valence-corrected chi connectivity index (χ0v) is 9.04. The van der Waals surface area contributed by atoms with E-state index >= 15 is 0 Å². The monoisotopic (exact) mass is 213 g/mol. The van der Waals surface area contributed by atoms with Gasteiger partial charge in [-0.3, -0.25) is 4.79 Å². The number of halogens is 1. The summed E-state index contributed by atoms with van der Waals surface area (Å²) in [5, 5.41) is 0. The molecule has 0 spiro atoms. The van der Waals surface area contributed by atoms with Gasteiger partial charge in [-0.15, -0.1) is 12.4 Å². The number of methoxy groups -OCH3 is 1. The maximum atomic E-state index is 10.7. The van der Waals surface area contributed by atoms with E-state index in [1.54, 1.807) is 11.8 Å². The molecular weight excluding hydrogens is 198 g/mol. The fourth-order valence-corrected chi connectivity index (χ4v) is 1.42. The van der Waals surface area contributed by atoms with Gasteiger partial charge in [-0.2, -0.15) is 11.8 Å². The molecule has 0 rings (SSSR count). The van der Waals surface area contributed by atoms with Gasteiger partial charge in [0.2, 0.25) is 0 Å². The Kier molecular flexibility index (Phi) is 11.1. The molecule has 0 heterocycles. The van der Waals surface area contributed by atoms with E-state index in [4.69, 9.17) is 5.73 Å². The molecule has 0 aliphatic heterocycles. The summed E-state index contributed by atoms with van der Waals surface area (Å²) in [5.41, 5.74) is 5.47. The van der Waals surface area contributed by atoms with Gasteiger partial charge in [-0.05, 0) is 12.2 Å². The number of esters is 1. The Balaban J connectivity index is 0. The molecule has 0 radical (unpaired) electrons. The largest absolute Gasteiger partial charge is 0.468 e. The fraction of sp³-hybridized carbons (Fsp3) is 0.857. The molecule has 0 aliphatic rings. The molecule has 0 aliphatic carbocycles. The van der Waals surface area contributed by atoms with Crippen molar-refractivity contribution in [2.24, 2.45) is 5.73 Å². The topological polar surface area (TPSA) is 52.3 Å². The summed E-state index contributed by atoms with van der Waals surface area (Å²) in [6, 6.07) is -0.462. The minimum Gasteiger partial charge on any atom is -0.468 e. The van der Waals surface area contributed by atoms with Crippen molar-refractivity contribution in [3.8, 4) is 0 Å². The van der Waals surface area contributed by atoms with Gasteiger partial charge < -0.3 is 10.5 Å². The van der Waals surface area contributed by atoms with Gasteiger partial charge in [0, 0.05) is 5.75 Å². The number of nitrogens with two attached hydrogens (primary N) is 1. The lowest BCUT2D eigenvalue weighted by Gasteiger charge is -2.07. The van der Waals surface area contributed by atoms with E-state index in [-0.39, 0.29) is 18.4 Å². The second-order valence-electron chi connectivity index (χ2n) is 2.20. The van der Waals surface area contributed by atoms with Crippen molar-refractivity contribution in [1.29, 1.82) is 0 Å². The summed E-state index contributed by atoms with van der Waals surface area (Å²) in [6.45, 7) is 2.09. The molecule has 1 atom stereocenters. The third-order valence-electron chi connectivity index (χ3n) is 1.15. The number of ether oxygens (including phenoxy) is 1. The van der Waals surface area contributed by atoms with Gasteiger partial charge in [-0.1, -0.05) is 6.92 Å². The van der Waals surface area contributed by atoms with E-state index in [0.29, 0.717) is 5.75 Å². The highest BCUT2D eigenvalue weighted by Crippen LogP contribution is 2.03. The number of hydrogen-bond donors (Lipinski definition) is 1. The van der Waals surface area contributed by atoms with Crippen LogP contribution in [0.4, 0.5) is 0 Å². The molecule has 3 nitrogen and oxygen atoms in total. The first-order valence-electron chi connectivity index (χ1n) is 3.63. The van der Waals surface area contributed by atoms with E-state index in [1.807, 2.05) is 0 Å². The summed E-state index contributed by atoms with van der Waals surface area (Å²) in [6.07, 6.45) is 1.11. The predicted octanol–water partition coefficient (Wildman–Crippen LogP) is 1.05. The van der Waals surface area contributed by atoms with Crippen molar-refractivity contribution >= 4 is 30.1 Å². The van der Waals surface area contributed by atoms with Crippen LogP contribution in [0.15, 0.2) is 0 Å². The first-order valence-corrected chi connectivity index (χ1v) is 4.79. The van der Waals surface area contributed by atoms with Gasteiger partial charge >= 0.3 is 5.97 Å². The van der Waals surface area contributed by atoms with Crippen molar-refractivity contribution in [3.05, 3.63) is 0 Å². The summed E-state index contributed by atoms with van der Waals surface area (Å²) in [5.74, 6) is 1.37. The molecule has 0 aromatic rings. The first kappa shape index (κ1) is 14.6. The van der Waals surface area contributed by atoms with Crippen LogP contribution in [0.25, 0.3) is 0 Å². The third kappa shape index (κ3) is 6.76. The number of hydrogen-bond acceptors (Lipinski definition) is 4.